The number of carbonyl (C=O) groups excluding carboxylic acids is 1. The number of amides is 1. The van der Waals surface area contributed by atoms with Gasteiger partial charge in [-0.05, 0) is 30.2 Å². The molecule has 1 N–H and O–H groups in total. The average Bonchev–Trinajstić information content (AvgIpc) is 3.09. The Kier molecular flexibility index (Phi) is 6.25. The van der Waals surface area contributed by atoms with Crippen molar-refractivity contribution in [2.75, 3.05) is 12.4 Å². The van der Waals surface area contributed by atoms with Gasteiger partial charge in [0.05, 0.1) is 13.5 Å². The fourth-order valence-corrected chi connectivity index (χ4v) is 3.96. The van der Waals surface area contributed by atoms with Crippen LogP contribution in [0.15, 0.2) is 52.9 Å². The lowest BCUT2D eigenvalue weighted by Gasteiger charge is -2.03. The fourth-order valence-electron chi connectivity index (χ4n) is 2.24. The Morgan fingerprint density at radius 1 is 1.08 bits per heavy atom. The van der Waals surface area contributed by atoms with Crippen LogP contribution in [0.3, 0.4) is 0 Å². The van der Waals surface area contributed by atoms with Gasteiger partial charge in [0.25, 0.3) is 0 Å². The molecule has 26 heavy (non-hydrogen) atoms. The van der Waals surface area contributed by atoms with Crippen molar-refractivity contribution in [1.82, 2.24) is 10.2 Å². The highest BCUT2D eigenvalue weighted by Gasteiger charge is 2.10. The molecule has 0 bridgehead atoms. The monoisotopic (exact) mass is 385 g/mol. The number of rotatable bonds is 7. The molecule has 0 radical (unpaired) electrons. The van der Waals surface area contributed by atoms with E-state index in [1.165, 1.54) is 22.5 Å². The van der Waals surface area contributed by atoms with E-state index in [1.54, 1.807) is 18.9 Å². The maximum absolute atomic E-state index is 12.1. The number of hydrogen-bond donors (Lipinski definition) is 1. The number of thioether (sulfide) groups is 1. The normalized spacial score (nSPS) is 10.5. The number of carbonyl (C=O) groups is 1. The number of benzene rings is 2. The van der Waals surface area contributed by atoms with Crippen molar-refractivity contribution in [2.45, 2.75) is 23.4 Å². The molecule has 0 aliphatic rings. The van der Waals surface area contributed by atoms with E-state index in [2.05, 4.69) is 46.7 Å². The van der Waals surface area contributed by atoms with Crippen molar-refractivity contribution < 1.29 is 9.53 Å². The van der Waals surface area contributed by atoms with Crippen molar-refractivity contribution in [2.24, 2.45) is 0 Å². The zero-order valence-corrected chi connectivity index (χ0v) is 16.2. The Hall–Kier alpha value is -2.38. The number of anilines is 1. The van der Waals surface area contributed by atoms with Crippen molar-refractivity contribution in [1.29, 1.82) is 0 Å². The van der Waals surface area contributed by atoms with E-state index in [9.17, 15) is 4.79 Å². The molecule has 1 heterocycles. The van der Waals surface area contributed by atoms with Gasteiger partial charge in [0.15, 0.2) is 4.34 Å². The first-order valence-corrected chi connectivity index (χ1v) is 9.87. The molecule has 1 amide bonds. The second-order valence-corrected chi connectivity index (χ2v) is 7.92. The molecule has 134 valence electrons. The number of nitrogens with one attached hydrogen (secondary N) is 1. The van der Waals surface area contributed by atoms with Gasteiger partial charge < -0.3 is 10.1 Å². The summed E-state index contributed by atoms with van der Waals surface area (Å²) in [5.74, 6) is 1.49. The highest BCUT2D eigenvalue weighted by atomic mass is 32.2. The Bertz CT molecular complexity index is 861. The zero-order chi connectivity index (χ0) is 18.4. The van der Waals surface area contributed by atoms with Gasteiger partial charge in [-0.25, -0.2) is 0 Å². The van der Waals surface area contributed by atoms with Crippen LogP contribution in [0.25, 0.3) is 0 Å². The molecular weight excluding hydrogens is 366 g/mol. The SMILES string of the molecule is COc1ccc(CC(=O)Nc2nnc(SCc3ccc(C)cc3)s2)cc1. The second-order valence-electron chi connectivity index (χ2n) is 5.72. The predicted octanol–water partition coefficient (Wildman–Crippen LogP) is 4.33. The minimum Gasteiger partial charge on any atom is -0.497 e. The highest BCUT2D eigenvalue weighted by molar-refractivity contribution is 8.00. The molecule has 3 rings (SSSR count). The van der Waals surface area contributed by atoms with Crippen LogP contribution in [0, 0.1) is 6.92 Å². The van der Waals surface area contributed by atoms with Crippen LogP contribution in [0.4, 0.5) is 5.13 Å². The van der Waals surface area contributed by atoms with Gasteiger partial charge in [0.2, 0.25) is 11.0 Å². The summed E-state index contributed by atoms with van der Waals surface area (Å²) in [6.45, 7) is 2.07. The Morgan fingerprint density at radius 3 is 2.46 bits per heavy atom. The van der Waals surface area contributed by atoms with Gasteiger partial charge in [0, 0.05) is 5.75 Å². The predicted molar refractivity (Wildman–Crippen MR) is 106 cm³/mol. The molecule has 0 atom stereocenters. The number of hydrogen-bond acceptors (Lipinski definition) is 6. The summed E-state index contributed by atoms with van der Waals surface area (Å²) >= 11 is 3.00. The first-order valence-electron chi connectivity index (χ1n) is 8.07. The van der Waals surface area contributed by atoms with E-state index in [0.29, 0.717) is 5.13 Å². The first-order chi connectivity index (χ1) is 12.6. The standard InChI is InChI=1S/C19H19N3O2S2/c1-13-3-5-15(6-4-13)12-25-19-22-21-18(26-19)20-17(23)11-14-7-9-16(24-2)10-8-14/h3-10H,11-12H2,1-2H3,(H,20,21,23). The van der Waals surface area contributed by atoms with Gasteiger partial charge in [-0.1, -0.05) is 65.1 Å². The number of nitrogens with zero attached hydrogens (tertiary/aromatic N) is 2. The fraction of sp³-hybridized carbons (Fsp3) is 0.211. The third-order valence-corrected chi connectivity index (χ3v) is 5.70. The van der Waals surface area contributed by atoms with E-state index >= 15 is 0 Å². The lowest BCUT2D eigenvalue weighted by Crippen LogP contribution is -2.14. The van der Waals surface area contributed by atoms with Crippen molar-refractivity contribution in [3.63, 3.8) is 0 Å². The third kappa shape index (κ3) is 5.31. The lowest BCUT2D eigenvalue weighted by atomic mass is 10.1. The number of aryl methyl sites for hydroxylation is 1. The second kappa shape index (κ2) is 8.82. The van der Waals surface area contributed by atoms with E-state index in [4.69, 9.17) is 4.74 Å². The molecule has 0 saturated heterocycles. The molecule has 0 aliphatic heterocycles. The highest BCUT2D eigenvalue weighted by Crippen LogP contribution is 2.28. The molecular formula is C19H19N3O2S2. The van der Waals surface area contributed by atoms with Crippen LogP contribution < -0.4 is 10.1 Å². The van der Waals surface area contributed by atoms with Crippen LogP contribution in [0.1, 0.15) is 16.7 Å². The largest absolute Gasteiger partial charge is 0.497 e. The summed E-state index contributed by atoms with van der Waals surface area (Å²) in [6, 6.07) is 15.9. The lowest BCUT2D eigenvalue weighted by molar-refractivity contribution is -0.115. The molecule has 0 aliphatic carbocycles. The number of methoxy groups -OCH3 is 1. The Labute approximate surface area is 160 Å². The van der Waals surface area contributed by atoms with Crippen molar-refractivity contribution in [3.05, 3.63) is 65.2 Å². The molecule has 0 saturated carbocycles. The van der Waals surface area contributed by atoms with E-state index in [0.717, 1.165) is 21.4 Å². The minimum absolute atomic E-state index is 0.110. The summed E-state index contributed by atoms with van der Waals surface area (Å²) in [7, 11) is 1.62. The van der Waals surface area contributed by atoms with Gasteiger partial charge in [-0.3, -0.25) is 4.79 Å². The average molecular weight is 386 g/mol. The number of aromatic nitrogens is 2. The van der Waals surface area contributed by atoms with E-state index < -0.39 is 0 Å². The van der Waals surface area contributed by atoms with Crippen molar-refractivity contribution in [3.8, 4) is 5.75 Å². The van der Waals surface area contributed by atoms with Gasteiger partial charge in [-0.15, -0.1) is 10.2 Å². The van der Waals surface area contributed by atoms with Crippen molar-refractivity contribution >= 4 is 34.1 Å². The maximum Gasteiger partial charge on any atom is 0.230 e. The molecule has 0 fully saturated rings. The smallest absolute Gasteiger partial charge is 0.230 e. The summed E-state index contributed by atoms with van der Waals surface area (Å²) in [6.07, 6.45) is 0.287. The van der Waals surface area contributed by atoms with E-state index in [1.807, 2.05) is 24.3 Å². The number of ether oxygens (including phenoxy) is 1. The van der Waals surface area contributed by atoms with Crippen LogP contribution in [0.2, 0.25) is 0 Å². The first kappa shape index (κ1) is 18.4. The van der Waals surface area contributed by atoms with Crippen LogP contribution in [-0.2, 0) is 17.0 Å². The minimum atomic E-state index is -0.110. The summed E-state index contributed by atoms with van der Waals surface area (Å²) in [5, 5.41) is 11.5. The van der Waals surface area contributed by atoms with Crippen LogP contribution >= 0.6 is 23.1 Å². The molecule has 0 unspecified atom stereocenters. The Balaban J connectivity index is 1.50. The zero-order valence-electron chi connectivity index (χ0n) is 14.6. The molecule has 0 spiro atoms. The molecule has 7 heteroatoms. The quantitative estimate of drug-likeness (QED) is 0.484. The molecule has 2 aromatic carbocycles. The van der Waals surface area contributed by atoms with Gasteiger partial charge >= 0.3 is 0 Å². The molecule has 1 aromatic heterocycles. The topological polar surface area (TPSA) is 64.1 Å². The van der Waals surface area contributed by atoms with Gasteiger partial charge in [0.1, 0.15) is 5.75 Å². The van der Waals surface area contributed by atoms with E-state index in [-0.39, 0.29) is 12.3 Å². The van der Waals surface area contributed by atoms with Gasteiger partial charge in [-0.2, -0.15) is 0 Å². The summed E-state index contributed by atoms with van der Waals surface area (Å²) in [5.41, 5.74) is 3.40. The summed E-state index contributed by atoms with van der Waals surface area (Å²) in [4.78, 5) is 12.1. The molecule has 3 aromatic rings. The molecule has 5 nitrogen and oxygen atoms in total. The maximum atomic E-state index is 12.1. The summed E-state index contributed by atoms with van der Waals surface area (Å²) < 4.78 is 5.95. The van der Waals surface area contributed by atoms with Crippen LogP contribution in [-0.4, -0.2) is 23.2 Å². The Morgan fingerprint density at radius 2 is 1.77 bits per heavy atom. The third-order valence-electron chi connectivity index (χ3n) is 3.66. The van der Waals surface area contributed by atoms with Crippen LogP contribution in [0.5, 0.6) is 5.75 Å².